The Labute approximate surface area is 141 Å². The summed E-state index contributed by atoms with van der Waals surface area (Å²) in [7, 11) is 3.52. The van der Waals surface area contributed by atoms with E-state index in [-0.39, 0.29) is 17.9 Å². The summed E-state index contributed by atoms with van der Waals surface area (Å²) < 4.78 is 28.3. The first-order valence-electron chi connectivity index (χ1n) is 7.86. The summed E-state index contributed by atoms with van der Waals surface area (Å²) in [5, 5.41) is 4.35. The van der Waals surface area contributed by atoms with Gasteiger partial charge in [0.2, 0.25) is 5.91 Å². The second-order valence-electron chi connectivity index (χ2n) is 6.23. The van der Waals surface area contributed by atoms with Gasteiger partial charge in [0.25, 0.3) is 0 Å². The van der Waals surface area contributed by atoms with Gasteiger partial charge in [0, 0.05) is 25.4 Å². The highest BCUT2D eigenvalue weighted by Crippen LogP contribution is 2.28. The Hall–Kier alpha value is -2.24. The maximum Gasteiger partial charge on any atom is 0.230 e. The summed E-state index contributed by atoms with van der Waals surface area (Å²) in [6.07, 6.45) is 0. The van der Waals surface area contributed by atoms with Crippen molar-refractivity contribution in [2.75, 3.05) is 7.05 Å². The van der Waals surface area contributed by atoms with Crippen LogP contribution in [0.5, 0.6) is 0 Å². The quantitative estimate of drug-likeness (QED) is 0.855. The number of aryl methyl sites for hydroxylation is 2. The zero-order valence-corrected chi connectivity index (χ0v) is 14.9. The molecule has 130 valence electrons. The molecular formula is C18H23F2N3O. The molecule has 0 aliphatic heterocycles. The minimum Gasteiger partial charge on any atom is -0.338 e. The lowest BCUT2D eigenvalue weighted by Crippen LogP contribution is -2.33. The van der Waals surface area contributed by atoms with Crippen molar-refractivity contribution in [1.82, 2.24) is 14.7 Å². The van der Waals surface area contributed by atoms with Gasteiger partial charge in [-0.3, -0.25) is 9.48 Å². The highest BCUT2D eigenvalue weighted by atomic mass is 19.2. The van der Waals surface area contributed by atoms with Crippen molar-refractivity contribution >= 4 is 5.91 Å². The first-order chi connectivity index (χ1) is 11.1. The van der Waals surface area contributed by atoms with Gasteiger partial charge in [-0.1, -0.05) is 6.07 Å². The Balaban J connectivity index is 2.26. The zero-order chi connectivity index (χ0) is 18.2. The predicted octanol–water partition coefficient (Wildman–Crippen LogP) is 3.64. The van der Waals surface area contributed by atoms with Crippen LogP contribution in [-0.4, -0.2) is 27.6 Å². The summed E-state index contributed by atoms with van der Waals surface area (Å²) >= 11 is 0. The topological polar surface area (TPSA) is 38.1 Å². The molecule has 1 aromatic heterocycles. The number of halogens is 2. The lowest BCUT2D eigenvalue weighted by atomic mass is 9.96. The second-order valence-corrected chi connectivity index (χ2v) is 6.23. The van der Waals surface area contributed by atoms with Crippen LogP contribution in [0.25, 0.3) is 0 Å². The van der Waals surface area contributed by atoms with Gasteiger partial charge >= 0.3 is 0 Å². The maximum absolute atomic E-state index is 13.4. The highest BCUT2D eigenvalue weighted by Gasteiger charge is 2.28. The van der Waals surface area contributed by atoms with E-state index in [0.717, 1.165) is 29.1 Å². The number of likely N-dealkylation sites (N-methyl/N-ethyl adjacent to an activating group) is 1. The van der Waals surface area contributed by atoms with E-state index in [9.17, 15) is 13.6 Å². The number of amides is 1. The van der Waals surface area contributed by atoms with Crippen LogP contribution in [0.4, 0.5) is 8.78 Å². The van der Waals surface area contributed by atoms with Crippen LogP contribution in [0.15, 0.2) is 18.2 Å². The first kappa shape index (κ1) is 18.1. The van der Waals surface area contributed by atoms with Crippen LogP contribution in [0.3, 0.4) is 0 Å². The summed E-state index contributed by atoms with van der Waals surface area (Å²) in [6.45, 7) is 7.44. The van der Waals surface area contributed by atoms with Crippen molar-refractivity contribution in [2.45, 2.75) is 39.7 Å². The maximum atomic E-state index is 13.4. The number of hydrogen-bond donors (Lipinski definition) is 0. The average molecular weight is 335 g/mol. The van der Waals surface area contributed by atoms with Crippen molar-refractivity contribution < 1.29 is 13.6 Å². The largest absolute Gasteiger partial charge is 0.338 e. The Morgan fingerprint density at radius 1 is 1.21 bits per heavy atom. The molecule has 1 amide bonds. The Morgan fingerprint density at radius 2 is 1.83 bits per heavy atom. The molecule has 2 aromatic rings. The van der Waals surface area contributed by atoms with Crippen LogP contribution in [0.2, 0.25) is 0 Å². The third-order valence-electron chi connectivity index (χ3n) is 4.72. The molecule has 0 radical (unpaired) electrons. The number of carbonyl (C=O) groups is 1. The minimum absolute atomic E-state index is 0.0913. The van der Waals surface area contributed by atoms with E-state index < -0.39 is 11.6 Å². The highest BCUT2D eigenvalue weighted by molar-refractivity contribution is 5.84. The molecule has 2 atom stereocenters. The smallest absolute Gasteiger partial charge is 0.230 e. The normalized spacial score (nSPS) is 13.7. The molecule has 0 fully saturated rings. The van der Waals surface area contributed by atoms with Crippen LogP contribution >= 0.6 is 0 Å². The van der Waals surface area contributed by atoms with Crippen molar-refractivity contribution in [3.63, 3.8) is 0 Å². The molecule has 0 spiro atoms. The van der Waals surface area contributed by atoms with Gasteiger partial charge in [-0.25, -0.2) is 8.78 Å². The van der Waals surface area contributed by atoms with Gasteiger partial charge in [0.05, 0.1) is 17.7 Å². The average Bonchev–Trinajstić information content (AvgIpc) is 2.79. The second kappa shape index (κ2) is 6.71. The van der Waals surface area contributed by atoms with Crippen LogP contribution in [0, 0.1) is 25.5 Å². The van der Waals surface area contributed by atoms with E-state index in [0.29, 0.717) is 5.56 Å². The number of benzene rings is 1. The minimum atomic E-state index is -0.910. The standard InChI is InChI=1S/C18H23F2N3O/c1-10(17-11(2)21-23(6)13(17)4)18(24)22(5)12(3)14-7-8-15(19)16(20)9-14/h7-10,12H,1-6H3/t10-,12+/m0/s1. The Morgan fingerprint density at radius 3 is 2.33 bits per heavy atom. The fourth-order valence-electron chi connectivity index (χ4n) is 3.03. The van der Waals surface area contributed by atoms with Crippen LogP contribution < -0.4 is 0 Å². The fourth-order valence-corrected chi connectivity index (χ4v) is 3.03. The zero-order valence-electron chi connectivity index (χ0n) is 14.9. The molecular weight excluding hydrogens is 312 g/mol. The summed E-state index contributed by atoms with van der Waals surface area (Å²) in [4.78, 5) is 14.4. The van der Waals surface area contributed by atoms with Gasteiger partial charge in [0.15, 0.2) is 11.6 Å². The van der Waals surface area contributed by atoms with Gasteiger partial charge in [0.1, 0.15) is 0 Å². The fraction of sp³-hybridized carbons (Fsp3) is 0.444. The molecule has 0 saturated heterocycles. The monoisotopic (exact) mass is 335 g/mol. The molecule has 0 bridgehead atoms. The Bertz CT molecular complexity index is 770. The van der Waals surface area contributed by atoms with E-state index in [2.05, 4.69) is 5.10 Å². The molecule has 1 aromatic carbocycles. The van der Waals surface area contributed by atoms with E-state index >= 15 is 0 Å². The molecule has 0 unspecified atom stereocenters. The summed E-state index contributed by atoms with van der Waals surface area (Å²) in [5.74, 6) is -2.26. The SMILES string of the molecule is Cc1nn(C)c(C)c1[C@H](C)C(=O)N(C)[C@H](C)c1ccc(F)c(F)c1. The van der Waals surface area contributed by atoms with Crippen molar-refractivity contribution in [3.05, 3.63) is 52.3 Å². The lowest BCUT2D eigenvalue weighted by molar-refractivity contribution is -0.133. The van der Waals surface area contributed by atoms with Gasteiger partial charge < -0.3 is 4.90 Å². The molecule has 0 saturated carbocycles. The number of rotatable bonds is 4. The van der Waals surface area contributed by atoms with Crippen molar-refractivity contribution in [2.24, 2.45) is 7.05 Å². The first-order valence-corrected chi connectivity index (χ1v) is 7.86. The van der Waals surface area contributed by atoms with E-state index in [1.807, 2.05) is 27.8 Å². The predicted molar refractivity (Wildman–Crippen MR) is 88.6 cm³/mol. The lowest BCUT2D eigenvalue weighted by Gasteiger charge is -2.28. The summed E-state index contributed by atoms with van der Waals surface area (Å²) in [6, 6.07) is 3.35. The number of hydrogen-bond acceptors (Lipinski definition) is 2. The molecule has 1 heterocycles. The number of aromatic nitrogens is 2. The van der Waals surface area contributed by atoms with Crippen LogP contribution in [-0.2, 0) is 11.8 Å². The molecule has 4 nitrogen and oxygen atoms in total. The van der Waals surface area contributed by atoms with Crippen LogP contribution in [0.1, 0.15) is 48.3 Å². The number of nitrogens with zero attached hydrogens (tertiary/aromatic N) is 3. The van der Waals surface area contributed by atoms with Gasteiger partial charge in [-0.2, -0.15) is 5.10 Å². The van der Waals surface area contributed by atoms with Crippen molar-refractivity contribution in [3.8, 4) is 0 Å². The van der Waals surface area contributed by atoms with E-state index in [4.69, 9.17) is 0 Å². The van der Waals surface area contributed by atoms with Crippen molar-refractivity contribution in [1.29, 1.82) is 0 Å². The molecule has 0 aliphatic rings. The summed E-state index contributed by atoms with van der Waals surface area (Å²) in [5.41, 5.74) is 3.23. The van der Waals surface area contributed by atoms with E-state index in [1.165, 1.54) is 6.07 Å². The third kappa shape index (κ3) is 3.18. The van der Waals surface area contributed by atoms with Gasteiger partial charge in [-0.15, -0.1) is 0 Å². The molecule has 6 heteroatoms. The Kier molecular flexibility index (Phi) is 5.06. The molecule has 24 heavy (non-hydrogen) atoms. The van der Waals surface area contributed by atoms with E-state index in [1.54, 1.807) is 23.6 Å². The number of carbonyl (C=O) groups excluding carboxylic acids is 1. The molecule has 0 aliphatic carbocycles. The molecule has 2 rings (SSSR count). The van der Waals surface area contributed by atoms with Gasteiger partial charge in [-0.05, 0) is 45.4 Å². The molecule has 0 N–H and O–H groups in total. The third-order valence-corrected chi connectivity index (χ3v) is 4.72.